The summed E-state index contributed by atoms with van der Waals surface area (Å²) in [6, 6.07) is 13.1. The maximum Gasteiger partial charge on any atom is 0.231 e. The van der Waals surface area contributed by atoms with Gasteiger partial charge in [-0.3, -0.25) is 0 Å². The van der Waals surface area contributed by atoms with E-state index in [0.717, 1.165) is 27.9 Å². The predicted octanol–water partition coefficient (Wildman–Crippen LogP) is 5.29. The molecule has 0 radical (unpaired) electrons. The van der Waals surface area contributed by atoms with Gasteiger partial charge in [-0.1, -0.05) is 30.7 Å². The number of halogens is 2. The van der Waals surface area contributed by atoms with Crippen LogP contribution in [-0.2, 0) is 6.42 Å². The number of benzene rings is 2. The summed E-state index contributed by atoms with van der Waals surface area (Å²) < 4.78 is 5.88. The summed E-state index contributed by atoms with van der Waals surface area (Å²) in [7, 11) is 0. The molecule has 0 fully saturated rings. The van der Waals surface area contributed by atoms with E-state index in [1.165, 1.54) is 0 Å². The Morgan fingerprint density at radius 2 is 1.86 bits per heavy atom. The van der Waals surface area contributed by atoms with Crippen molar-refractivity contribution in [3.8, 4) is 11.6 Å². The number of aryl methyl sites for hydroxylation is 1. The van der Waals surface area contributed by atoms with Gasteiger partial charge in [0.05, 0.1) is 10.9 Å². The summed E-state index contributed by atoms with van der Waals surface area (Å²) in [5, 5.41) is 1.71. The quantitative estimate of drug-likeness (QED) is 0.615. The molecule has 0 spiro atoms. The molecule has 0 amide bonds. The van der Waals surface area contributed by atoms with Gasteiger partial charge in [-0.05, 0) is 53.9 Å². The third-order valence-corrected chi connectivity index (χ3v) is 3.69. The largest absolute Gasteiger partial charge is 0.438 e. The number of nitrogens with zero attached hydrogens (tertiary/aromatic N) is 2. The smallest absolute Gasteiger partial charge is 0.231 e. The fourth-order valence-corrected chi connectivity index (χ4v) is 2.51. The summed E-state index contributed by atoms with van der Waals surface area (Å²) in [5.74, 6) is 1.12. The van der Waals surface area contributed by atoms with Crippen LogP contribution in [0, 0.1) is 0 Å². The first kappa shape index (κ1) is 14.1. The lowest BCUT2D eigenvalue weighted by Gasteiger charge is -2.09. The van der Waals surface area contributed by atoms with Crippen LogP contribution in [0.3, 0.4) is 0 Å². The Morgan fingerprint density at radius 1 is 1.05 bits per heavy atom. The Balaban J connectivity index is 2.05. The minimum absolute atomic E-state index is 0.161. The zero-order valence-electron chi connectivity index (χ0n) is 11.3. The predicted molar refractivity (Wildman–Crippen MR) is 85.5 cm³/mol. The van der Waals surface area contributed by atoms with Gasteiger partial charge >= 0.3 is 0 Å². The summed E-state index contributed by atoms with van der Waals surface area (Å²) in [6.45, 7) is 2.04. The number of aromatic nitrogens is 2. The van der Waals surface area contributed by atoms with Crippen LogP contribution in [-0.4, -0.2) is 9.97 Å². The molecule has 0 atom stereocenters. The van der Waals surface area contributed by atoms with Crippen molar-refractivity contribution in [1.29, 1.82) is 0 Å². The molecular weight excluding hydrogens is 307 g/mol. The summed E-state index contributed by atoms with van der Waals surface area (Å²) >= 11 is 12.1. The SMILES string of the molecule is CCc1cc(Oc2nc(Cl)nc3ccccc23)ccc1Cl. The highest BCUT2D eigenvalue weighted by molar-refractivity contribution is 6.31. The highest BCUT2D eigenvalue weighted by Crippen LogP contribution is 2.30. The van der Waals surface area contributed by atoms with Crippen molar-refractivity contribution < 1.29 is 4.74 Å². The molecule has 3 rings (SSSR count). The molecule has 21 heavy (non-hydrogen) atoms. The first-order valence-corrected chi connectivity index (χ1v) is 7.31. The van der Waals surface area contributed by atoms with Crippen molar-refractivity contribution in [2.24, 2.45) is 0 Å². The topological polar surface area (TPSA) is 35.0 Å². The van der Waals surface area contributed by atoms with Gasteiger partial charge in [-0.15, -0.1) is 0 Å². The van der Waals surface area contributed by atoms with E-state index in [1.54, 1.807) is 0 Å². The molecule has 0 aliphatic heterocycles. The molecule has 1 heterocycles. The Labute approximate surface area is 132 Å². The highest BCUT2D eigenvalue weighted by atomic mass is 35.5. The lowest BCUT2D eigenvalue weighted by molar-refractivity contribution is 0.467. The summed E-state index contributed by atoms with van der Waals surface area (Å²) in [6.07, 6.45) is 0.835. The van der Waals surface area contributed by atoms with E-state index in [4.69, 9.17) is 27.9 Å². The van der Waals surface area contributed by atoms with Gasteiger partial charge < -0.3 is 4.74 Å². The van der Waals surface area contributed by atoms with Crippen LogP contribution in [0.1, 0.15) is 12.5 Å². The second-order valence-corrected chi connectivity index (χ2v) is 5.27. The first-order chi connectivity index (χ1) is 10.2. The molecule has 0 aliphatic rings. The molecular formula is C16H12Cl2N2O. The van der Waals surface area contributed by atoms with Crippen LogP contribution in [0.4, 0.5) is 0 Å². The molecule has 0 bridgehead atoms. The van der Waals surface area contributed by atoms with Gasteiger partial charge in [0.1, 0.15) is 5.75 Å². The van der Waals surface area contributed by atoms with Gasteiger partial charge in [-0.2, -0.15) is 4.98 Å². The molecule has 106 valence electrons. The van der Waals surface area contributed by atoms with Crippen LogP contribution in [0.15, 0.2) is 42.5 Å². The number of hydrogen-bond donors (Lipinski definition) is 0. The Morgan fingerprint density at radius 3 is 2.67 bits per heavy atom. The van der Waals surface area contributed by atoms with E-state index >= 15 is 0 Å². The Hall–Kier alpha value is -1.84. The van der Waals surface area contributed by atoms with E-state index in [0.29, 0.717) is 11.6 Å². The van der Waals surface area contributed by atoms with Crippen LogP contribution in [0.5, 0.6) is 11.6 Å². The number of ether oxygens (including phenoxy) is 1. The third-order valence-electron chi connectivity index (χ3n) is 3.15. The average molecular weight is 319 g/mol. The molecule has 2 aromatic carbocycles. The van der Waals surface area contributed by atoms with Gasteiger partial charge in [0.25, 0.3) is 0 Å². The van der Waals surface area contributed by atoms with Crippen LogP contribution in [0.2, 0.25) is 10.3 Å². The molecule has 3 nitrogen and oxygen atoms in total. The van der Waals surface area contributed by atoms with Crippen molar-refractivity contribution in [2.45, 2.75) is 13.3 Å². The Bertz CT molecular complexity index is 805. The van der Waals surface area contributed by atoms with Crippen molar-refractivity contribution in [3.63, 3.8) is 0 Å². The second-order valence-electron chi connectivity index (χ2n) is 4.52. The summed E-state index contributed by atoms with van der Waals surface area (Å²) in [5.41, 5.74) is 1.77. The highest BCUT2D eigenvalue weighted by Gasteiger charge is 2.09. The van der Waals surface area contributed by atoms with E-state index < -0.39 is 0 Å². The van der Waals surface area contributed by atoms with Gasteiger partial charge in [0.2, 0.25) is 11.2 Å². The molecule has 0 saturated carbocycles. The molecule has 0 N–H and O–H groups in total. The van der Waals surface area contributed by atoms with E-state index in [1.807, 2.05) is 49.4 Å². The lowest BCUT2D eigenvalue weighted by Crippen LogP contribution is -1.94. The number of para-hydroxylation sites is 1. The lowest BCUT2D eigenvalue weighted by atomic mass is 10.1. The van der Waals surface area contributed by atoms with Gasteiger partial charge in [0, 0.05) is 5.02 Å². The van der Waals surface area contributed by atoms with Crippen LogP contribution < -0.4 is 4.74 Å². The number of fused-ring (bicyclic) bond motifs is 1. The van der Waals surface area contributed by atoms with E-state index in [2.05, 4.69) is 9.97 Å². The van der Waals surface area contributed by atoms with Gasteiger partial charge in [-0.25, -0.2) is 4.98 Å². The van der Waals surface area contributed by atoms with Crippen molar-refractivity contribution in [2.75, 3.05) is 0 Å². The molecule has 0 aliphatic carbocycles. The third kappa shape index (κ3) is 2.94. The maximum atomic E-state index is 6.12. The molecule has 0 saturated heterocycles. The summed E-state index contributed by atoms with van der Waals surface area (Å²) in [4.78, 5) is 8.35. The number of rotatable bonds is 3. The molecule has 0 unspecified atom stereocenters. The van der Waals surface area contributed by atoms with E-state index in [-0.39, 0.29) is 5.28 Å². The molecule has 1 aromatic heterocycles. The van der Waals surface area contributed by atoms with Crippen LogP contribution >= 0.6 is 23.2 Å². The number of hydrogen-bond acceptors (Lipinski definition) is 3. The normalized spacial score (nSPS) is 10.8. The van der Waals surface area contributed by atoms with Crippen molar-refractivity contribution in [3.05, 3.63) is 58.3 Å². The monoisotopic (exact) mass is 318 g/mol. The van der Waals surface area contributed by atoms with Crippen molar-refractivity contribution in [1.82, 2.24) is 9.97 Å². The van der Waals surface area contributed by atoms with Crippen LogP contribution in [0.25, 0.3) is 10.9 Å². The standard InChI is InChI=1S/C16H12Cl2N2O/c1-2-10-9-11(7-8-13(10)17)21-15-12-5-3-4-6-14(12)19-16(18)20-15/h3-9H,2H2,1H3. The first-order valence-electron chi connectivity index (χ1n) is 6.56. The van der Waals surface area contributed by atoms with Gasteiger partial charge in [0.15, 0.2) is 0 Å². The molecule has 3 aromatic rings. The van der Waals surface area contributed by atoms with E-state index in [9.17, 15) is 0 Å². The minimum Gasteiger partial charge on any atom is -0.438 e. The minimum atomic E-state index is 0.161. The zero-order valence-corrected chi connectivity index (χ0v) is 12.8. The fraction of sp³-hybridized carbons (Fsp3) is 0.125. The maximum absolute atomic E-state index is 6.12. The van der Waals surface area contributed by atoms with Crippen molar-refractivity contribution >= 4 is 34.1 Å². The second kappa shape index (κ2) is 5.88. The Kier molecular flexibility index (Phi) is 3.95. The molecule has 5 heteroatoms. The zero-order chi connectivity index (χ0) is 14.8. The fourth-order valence-electron chi connectivity index (χ4n) is 2.10. The average Bonchev–Trinajstić information content (AvgIpc) is 2.49.